The quantitative estimate of drug-likeness (QED) is 0.213. The molecular formula is C23H27N3O2S2. The van der Waals surface area contributed by atoms with Crippen LogP contribution in [-0.4, -0.2) is 22.7 Å². The summed E-state index contributed by atoms with van der Waals surface area (Å²) in [5.41, 5.74) is 3.05. The average molecular weight is 442 g/mol. The van der Waals surface area contributed by atoms with Gasteiger partial charge < -0.3 is 4.74 Å². The number of benzene rings is 2. The lowest BCUT2D eigenvalue weighted by Gasteiger charge is -2.07. The Morgan fingerprint density at radius 3 is 2.53 bits per heavy atom. The van der Waals surface area contributed by atoms with Gasteiger partial charge in [-0.1, -0.05) is 79.1 Å². The number of unbranched alkanes of at least 4 members (excludes halogenated alkanes) is 3. The van der Waals surface area contributed by atoms with Gasteiger partial charge in [-0.3, -0.25) is 10.1 Å². The van der Waals surface area contributed by atoms with Gasteiger partial charge in [-0.25, -0.2) is 0 Å². The van der Waals surface area contributed by atoms with Crippen LogP contribution in [0.2, 0.25) is 0 Å². The zero-order chi connectivity index (χ0) is 21.2. The van der Waals surface area contributed by atoms with E-state index in [9.17, 15) is 4.79 Å². The third-order valence-corrected chi connectivity index (χ3v) is 6.54. The highest BCUT2D eigenvalue weighted by atomic mass is 32.2. The van der Waals surface area contributed by atoms with Crippen LogP contribution in [-0.2, 0) is 5.75 Å². The van der Waals surface area contributed by atoms with Crippen LogP contribution in [0.4, 0.5) is 5.13 Å². The summed E-state index contributed by atoms with van der Waals surface area (Å²) < 4.78 is 6.56. The number of aryl methyl sites for hydroxylation is 1. The largest absolute Gasteiger partial charge is 0.494 e. The molecule has 0 bridgehead atoms. The summed E-state index contributed by atoms with van der Waals surface area (Å²) in [5.74, 6) is 1.41. The van der Waals surface area contributed by atoms with Crippen LogP contribution < -0.4 is 10.1 Å². The number of rotatable bonds is 11. The Kier molecular flexibility index (Phi) is 8.71. The summed E-state index contributed by atoms with van der Waals surface area (Å²) in [4.78, 5) is 12.5. The number of thioether (sulfide) groups is 1. The molecule has 158 valence electrons. The Balaban J connectivity index is 1.45. The van der Waals surface area contributed by atoms with Gasteiger partial charge in [-0.05, 0) is 43.2 Å². The first-order chi connectivity index (χ1) is 14.6. The van der Waals surface area contributed by atoms with Crippen molar-refractivity contribution in [3.63, 3.8) is 0 Å². The van der Waals surface area contributed by atoms with Crippen molar-refractivity contribution in [3.8, 4) is 5.75 Å². The molecule has 1 amide bonds. The summed E-state index contributed by atoms with van der Waals surface area (Å²) in [5, 5.41) is 11.6. The maximum atomic E-state index is 12.5. The zero-order valence-electron chi connectivity index (χ0n) is 17.4. The van der Waals surface area contributed by atoms with Crippen molar-refractivity contribution in [1.82, 2.24) is 10.2 Å². The Hall–Kier alpha value is -2.38. The third kappa shape index (κ3) is 7.15. The van der Waals surface area contributed by atoms with Gasteiger partial charge in [0.05, 0.1) is 6.61 Å². The summed E-state index contributed by atoms with van der Waals surface area (Å²) in [6.07, 6.45) is 4.69. The fourth-order valence-electron chi connectivity index (χ4n) is 2.74. The topological polar surface area (TPSA) is 64.1 Å². The van der Waals surface area contributed by atoms with Crippen molar-refractivity contribution in [1.29, 1.82) is 0 Å². The van der Waals surface area contributed by atoms with Gasteiger partial charge in [-0.15, -0.1) is 10.2 Å². The lowest BCUT2D eigenvalue weighted by molar-refractivity contribution is 0.102. The maximum absolute atomic E-state index is 12.5. The van der Waals surface area contributed by atoms with Crippen LogP contribution in [0, 0.1) is 6.92 Å². The normalized spacial score (nSPS) is 10.7. The number of carbonyl (C=O) groups is 1. The van der Waals surface area contributed by atoms with Crippen molar-refractivity contribution in [3.05, 3.63) is 65.2 Å². The van der Waals surface area contributed by atoms with Gasteiger partial charge >= 0.3 is 0 Å². The predicted octanol–water partition coefficient (Wildman–Crippen LogP) is 6.35. The third-order valence-electron chi connectivity index (χ3n) is 4.49. The molecule has 1 aromatic heterocycles. The van der Waals surface area contributed by atoms with Crippen LogP contribution in [0.3, 0.4) is 0 Å². The van der Waals surface area contributed by atoms with Crippen molar-refractivity contribution in [2.75, 3.05) is 11.9 Å². The fourth-order valence-corrected chi connectivity index (χ4v) is 4.44. The molecule has 7 heteroatoms. The second kappa shape index (κ2) is 11.7. The Labute approximate surface area is 186 Å². The summed E-state index contributed by atoms with van der Waals surface area (Å²) in [7, 11) is 0. The number of nitrogens with one attached hydrogen (secondary N) is 1. The Bertz CT molecular complexity index is 924. The lowest BCUT2D eigenvalue weighted by Crippen LogP contribution is -2.11. The van der Waals surface area contributed by atoms with Crippen LogP contribution in [0.15, 0.2) is 52.9 Å². The number of aromatic nitrogens is 2. The number of anilines is 1. The van der Waals surface area contributed by atoms with Gasteiger partial charge in [0.2, 0.25) is 5.13 Å². The first-order valence-electron chi connectivity index (χ1n) is 10.2. The highest BCUT2D eigenvalue weighted by Crippen LogP contribution is 2.28. The second-order valence-electron chi connectivity index (χ2n) is 7.04. The molecule has 0 unspecified atom stereocenters. The van der Waals surface area contributed by atoms with E-state index in [0.717, 1.165) is 22.3 Å². The molecule has 5 nitrogen and oxygen atoms in total. The number of nitrogens with zero attached hydrogens (tertiary/aromatic N) is 2. The average Bonchev–Trinajstić information content (AvgIpc) is 3.21. The van der Waals surface area contributed by atoms with Gasteiger partial charge in [0.25, 0.3) is 5.91 Å². The molecule has 0 atom stereocenters. The molecule has 1 N–H and O–H groups in total. The molecule has 0 radical (unpaired) electrons. The van der Waals surface area contributed by atoms with Crippen molar-refractivity contribution < 1.29 is 9.53 Å². The Morgan fingerprint density at radius 1 is 1.03 bits per heavy atom. The van der Waals surface area contributed by atoms with E-state index >= 15 is 0 Å². The molecule has 0 saturated heterocycles. The van der Waals surface area contributed by atoms with E-state index in [1.54, 1.807) is 23.9 Å². The van der Waals surface area contributed by atoms with Crippen LogP contribution in [0.5, 0.6) is 5.75 Å². The molecule has 0 aliphatic rings. The van der Waals surface area contributed by atoms with E-state index in [1.807, 2.05) is 12.1 Å². The highest BCUT2D eigenvalue weighted by Gasteiger charge is 2.11. The minimum atomic E-state index is -0.198. The minimum absolute atomic E-state index is 0.198. The van der Waals surface area contributed by atoms with E-state index in [0.29, 0.717) is 17.3 Å². The second-order valence-corrected chi connectivity index (χ2v) is 9.24. The Morgan fingerprint density at radius 2 is 1.80 bits per heavy atom. The monoisotopic (exact) mass is 441 g/mol. The SMILES string of the molecule is CCCCCCOc1ccc(C(=O)Nc2nnc(SCc3ccc(C)cc3)s2)cc1. The highest BCUT2D eigenvalue weighted by molar-refractivity contribution is 8.00. The molecule has 30 heavy (non-hydrogen) atoms. The van der Waals surface area contributed by atoms with E-state index in [-0.39, 0.29) is 5.91 Å². The number of hydrogen-bond acceptors (Lipinski definition) is 6. The molecule has 0 spiro atoms. The molecule has 2 aromatic carbocycles. The number of hydrogen-bond donors (Lipinski definition) is 1. The number of amides is 1. The first kappa shape index (κ1) is 22.3. The van der Waals surface area contributed by atoms with Crippen LogP contribution in [0.25, 0.3) is 0 Å². The summed E-state index contributed by atoms with van der Waals surface area (Å²) in [6.45, 7) is 4.97. The molecule has 0 aliphatic carbocycles. The first-order valence-corrected chi connectivity index (χ1v) is 12.0. The molecule has 3 aromatic rings. The molecule has 3 rings (SSSR count). The number of ether oxygens (including phenoxy) is 1. The smallest absolute Gasteiger partial charge is 0.257 e. The molecule has 0 saturated carbocycles. The summed E-state index contributed by atoms with van der Waals surface area (Å²) >= 11 is 3.00. The molecular weight excluding hydrogens is 414 g/mol. The number of carbonyl (C=O) groups excluding carboxylic acids is 1. The van der Waals surface area contributed by atoms with Crippen LogP contribution in [0.1, 0.15) is 54.1 Å². The van der Waals surface area contributed by atoms with Crippen molar-refractivity contribution >= 4 is 34.1 Å². The summed E-state index contributed by atoms with van der Waals surface area (Å²) in [6, 6.07) is 15.6. The van der Waals surface area contributed by atoms with E-state index in [4.69, 9.17) is 4.74 Å². The van der Waals surface area contributed by atoms with Gasteiger partial charge in [-0.2, -0.15) is 0 Å². The van der Waals surface area contributed by atoms with Crippen molar-refractivity contribution in [2.45, 2.75) is 49.6 Å². The molecule has 0 aliphatic heterocycles. The fraction of sp³-hybridized carbons (Fsp3) is 0.348. The van der Waals surface area contributed by atoms with E-state index < -0.39 is 0 Å². The maximum Gasteiger partial charge on any atom is 0.257 e. The van der Waals surface area contributed by atoms with Crippen molar-refractivity contribution in [2.24, 2.45) is 0 Å². The van der Waals surface area contributed by atoms with Gasteiger partial charge in [0.15, 0.2) is 4.34 Å². The standard InChI is InChI=1S/C23H27N3O2S2/c1-3-4-5-6-15-28-20-13-11-19(12-14-20)21(27)24-22-25-26-23(30-22)29-16-18-9-7-17(2)8-10-18/h7-14H,3-6,15-16H2,1-2H3,(H,24,25,27). The van der Waals surface area contributed by atoms with Crippen LogP contribution >= 0.6 is 23.1 Å². The van der Waals surface area contributed by atoms with Gasteiger partial charge in [0.1, 0.15) is 5.75 Å². The lowest BCUT2D eigenvalue weighted by atomic mass is 10.2. The predicted molar refractivity (Wildman–Crippen MR) is 125 cm³/mol. The van der Waals surface area contributed by atoms with Gasteiger partial charge in [0, 0.05) is 11.3 Å². The zero-order valence-corrected chi connectivity index (χ0v) is 19.0. The molecule has 1 heterocycles. The molecule has 0 fully saturated rings. The minimum Gasteiger partial charge on any atom is -0.494 e. The van der Waals surface area contributed by atoms with E-state index in [2.05, 4.69) is 53.6 Å². The van der Waals surface area contributed by atoms with E-state index in [1.165, 1.54) is 41.7 Å².